The highest BCUT2D eigenvalue weighted by Gasteiger charge is 2.25. The van der Waals surface area contributed by atoms with Crippen LogP contribution >= 0.6 is 11.3 Å². The van der Waals surface area contributed by atoms with Gasteiger partial charge in [-0.25, -0.2) is 4.98 Å². The summed E-state index contributed by atoms with van der Waals surface area (Å²) in [5, 5.41) is 10.2. The Bertz CT molecular complexity index is 560. The predicted molar refractivity (Wildman–Crippen MR) is 112 cm³/mol. The Morgan fingerprint density at radius 1 is 1.19 bits per heavy atom. The molecule has 1 aliphatic rings. The third-order valence-electron chi connectivity index (χ3n) is 5.05. The van der Waals surface area contributed by atoms with Crippen LogP contribution in [-0.2, 0) is 6.54 Å². The molecule has 1 aromatic heterocycles. The van der Waals surface area contributed by atoms with Crippen LogP contribution in [-0.4, -0.2) is 73.6 Å². The Kier molecular flexibility index (Phi) is 8.31. The van der Waals surface area contributed by atoms with Crippen molar-refractivity contribution in [3.63, 3.8) is 0 Å². The Morgan fingerprint density at radius 2 is 1.88 bits per heavy atom. The SMILES string of the molecule is CN=C(NCc1nc(C(C)C)cs1)NCC(C(C)C)N1CCN(C)CC1. The van der Waals surface area contributed by atoms with E-state index in [1.165, 1.54) is 5.69 Å². The van der Waals surface area contributed by atoms with Crippen LogP contribution in [0.4, 0.5) is 0 Å². The number of aromatic nitrogens is 1. The van der Waals surface area contributed by atoms with Gasteiger partial charge in [0, 0.05) is 51.2 Å². The molecular weight excluding hydrogens is 344 g/mol. The van der Waals surface area contributed by atoms with E-state index in [0.717, 1.165) is 50.2 Å². The van der Waals surface area contributed by atoms with Gasteiger partial charge in [0.1, 0.15) is 5.01 Å². The average molecular weight is 381 g/mol. The number of likely N-dealkylation sites (N-methyl/N-ethyl adjacent to an activating group) is 1. The molecular formula is C19H36N6S. The second-order valence-corrected chi connectivity index (χ2v) is 8.72. The zero-order valence-corrected chi connectivity index (χ0v) is 18.1. The van der Waals surface area contributed by atoms with E-state index in [4.69, 9.17) is 0 Å². The summed E-state index contributed by atoms with van der Waals surface area (Å²) in [6.07, 6.45) is 0. The number of nitrogens with one attached hydrogen (secondary N) is 2. The summed E-state index contributed by atoms with van der Waals surface area (Å²) in [5.41, 5.74) is 1.17. The maximum Gasteiger partial charge on any atom is 0.191 e. The molecule has 0 spiro atoms. The van der Waals surface area contributed by atoms with Gasteiger partial charge in [0.2, 0.25) is 0 Å². The van der Waals surface area contributed by atoms with Gasteiger partial charge in [-0.2, -0.15) is 0 Å². The topological polar surface area (TPSA) is 55.8 Å². The van der Waals surface area contributed by atoms with Gasteiger partial charge in [-0.05, 0) is 18.9 Å². The second kappa shape index (κ2) is 10.2. The quantitative estimate of drug-likeness (QED) is 0.561. The fraction of sp³-hybridized carbons (Fsp3) is 0.789. The smallest absolute Gasteiger partial charge is 0.191 e. The minimum absolute atomic E-state index is 0.479. The van der Waals surface area contributed by atoms with Gasteiger partial charge in [0.05, 0.1) is 12.2 Å². The minimum atomic E-state index is 0.479. The number of nitrogens with zero attached hydrogens (tertiary/aromatic N) is 4. The van der Waals surface area contributed by atoms with Gasteiger partial charge in [0.15, 0.2) is 5.96 Å². The molecule has 6 nitrogen and oxygen atoms in total. The lowest BCUT2D eigenvalue weighted by Crippen LogP contribution is -2.55. The van der Waals surface area contributed by atoms with Crippen LogP contribution < -0.4 is 10.6 Å². The Hall–Kier alpha value is -1.18. The normalized spacial score (nSPS) is 18.5. The lowest BCUT2D eigenvalue weighted by molar-refractivity contribution is 0.0900. The van der Waals surface area contributed by atoms with Crippen molar-refractivity contribution in [2.45, 2.75) is 46.2 Å². The van der Waals surface area contributed by atoms with Crippen molar-refractivity contribution in [3.05, 3.63) is 16.1 Å². The summed E-state index contributed by atoms with van der Waals surface area (Å²) < 4.78 is 0. The van der Waals surface area contributed by atoms with Crippen LogP contribution in [0.25, 0.3) is 0 Å². The number of aliphatic imine (C=N–C) groups is 1. The van der Waals surface area contributed by atoms with Crippen molar-refractivity contribution in [1.82, 2.24) is 25.4 Å². The van der Waals surface area contributed by atoms with E-state index in [-0.39, 0.29) is 0 Å². The van der Waals surface area contributed by atoms with E-state index in [0.29, 0.717) is 17.9 Å². The highest BCUT2D eigenvalue weighted by atomic mass is 32.1. The molecule has 2 heterocycles. The molecule has 7 heteroatoms. The number of rotatable bonds is 7. The van der Waals surface area contributed by atoms with Gasteiger partial charge in [-0.1, -0.05) is 27.7 Å². The van der Waals surface area contributed by atoms with Crippen molar-refractivity contribution in [1.29, 1.82) is 0 Å². The summed E-state index contributed by atoms with van der Waals surface area (Å²) >= 11 is 1.71. The molecule has 1 aliphatic heterocycles. The largest absolute Gasteiger partial charge is 0.355 e. The molecule has 26 heavy (non-hydrogen) atoms. The van der Waals surface area contributed by atoms with E-state index in [9.17, 15) is 0 Å². The Morgan fingerprint density at radius 3 is 2.42 bits per heavy atom. The van der Waals surface area contributed by atoms with Crippen molar-refractivity contribution >= 4 is 17.3 Å². The summed E-state index contributed by atoms with van der Waals surface area (Å²) in [7, 11) is 4.03. The van der Waals surface area contributed by atoms with Crippen LogP contribution in [0.5, 0.6) is 0 Å². The molecule has 0 radical (unpaired) electrons. The summed E-state index contributed by atoms with van der Waals surface area (Å²) in [6.45, 7) is 15.2. The first-order valence-corrected chi connectivity index (χ1v) is 10.6. The maximum absolute atomic E-state index is 4.68. The van der Waals surface area contributed by atoms with Gasteiger partial charge < -0.3 is 15.5 Å². The molecule has 0 bridgehead atoms. The van der Waals surface area contributed by atoms with E-state index >= 15 is 0 Å². The molecule has 0 aliphatic carbocycles. The number of piperazine rings is 1. The first kappa shape index (κ1) is 21.1. The fourth-order valence-electron chi connectivity index (χ4n) is 3.19. The molecule has 0 amide bonds. The van der Waals surface area contributed by atoms with Gasteiger partial charge in [-0.15, -0.1) is 11.3 Å². The number of guanidine groups is 1. The van der Waals surface area contributed by atoms with E-state index < -0.39 is 0 Å². The average Bonchev–Trinajstić information content (AvgIpc) is 3.08. The molecule has 148 valence electrons. The maximum atomic E-state index is 4.68. The highest BCUT2D eigenvalue weighted by Crippen LogP contribution is 2.17. The van der Waals surface area contributed by atoms with Crippen molar-refractivity contribution < 1.29 is 0 Å². The van der Waals surface area contributed by atoms with Crippen LogP contribution in [0.15, 0.2) is 10.4 Å². The lowest BCUT2D eigenvalue weighted by atomic mass is 10.0. The van der Waals surface area contributed by atoms with Crippen LogP contribution in [0.2, 0.25) is 0 Å². The first-order chi connectivity index (χ1) is 12.4. The molecule has 1 aromatic rings. The van der Waals surface area contributed by atoms with Gasteiger partial charge in [-0.3, -0.25) is 9.89 Å². The van der Waals surface area contributed by atoms with Crippen molar-refractivity contribution in [3.8, 4) is 0 Å². The minimum Gasteiger partial charge on any atom is -0.355 e. The zero-order chi connectivity index (χ0) is 19.1. The second-order valence-electron chi connectivity index (χ2n) is 7.78. The summed E-state index contributed by atoms with van der Waals surface area (Å²) in [4.78, 5) is 14.1. The van der Waals surface area contributed by atoms with E-state index in [1.807, 2.05) is 7.05 Å². The molecule has 0 aromatic carbocycles. The van der Waals surface area contributed by atoms with Crippen LogP contribution in [0.3, 0.4) is 0 Å². The fourth-order valence-corrected chi connectivity index (χ4v) is 4.09. The molecule has 2 N–H and O–H groups in total. The molecule has 0 saturated carbocycles. The Labute approximate surface area is 163 Å². The third-order valence-corrected chi connectivity index (χ3v) is 5.91. The van der Waals surface area contributed by atoms with Gasteiger partial charge in [0.25, 0.3) is 0 Å². The van der Waals surface area contributed by atoms with Crippen LogP contribution in [0.1, 0.15) is 44.3 Å². The van der Waals surface area contributed by atoms with E-state index in [2.05, 4.69) is 70.5 Å². The molecule has 1 fully saturated rings. The first-order valence-electron chi connectivity index (χ1n) is 9.72. The monoisotopic (exact) mass is 380 g/mol. The van der Waals surface area contributed by atoms with Crippen molar-refractivity contribution in [2.24, 2.45) is 10.9 Å². The summed E-state index contributed by atoms with van der Waals surface area (Å²) in [6, 6.07) is 0.523. The predicted octanol–water partition coefficient (Wildman–Crippen LogP) is 2.20. The molecule has 1 saturated heterocycles. The van der Waals surface area contributed by atoms with E-state index in [1.54, 1.807) is 11.3 Å². The van der Waals surface area contributed by atoms with Gasteiger partial charge >= 0.3 is 0 Å². The highest BCUT2D eigenvalue weighted by molar-refractivity contribution is 7.09. The number of hydrogen-bond donors (Lipinski definition) is 2. The Balaban J connectivity index is 1.83. The zero-order valence-electron chi connectivity index (χ0n) is 17.2. The lowest BCUT2D eigenvalue weighted by Gasteiger charge is -2.40. The molecule has 1 atom stereocenters. The molecule has 1 unspecified atom stereocenters. The number of thiazole rings is 1. The third kappa shape index (κ3) is 6.21. The summed E-state index contributed by atoms with van der Waals surface area (Å²) in [5.74, 6) is 1.94. The van der Waals surface area contributed by atoms with Crippen LogP contribution in [0, 0.1) is 5.92 Å². The molecule has 2 rings (SSSR count). The van der Waals surface area contributed by atoms with Crippen molar-refractivity contribution in [2.75, 3.05) is 46.8 Å². The number of hydrogen-bond acceptors (Lipinski definition) is 5. The standard InChI is InChI=1S/C19H36N6S/c1-14(2)16-13-26-18(23-16)12-22-19(20-5)21-11-17(15(3)4)25-9-7-24(6)8-10-25/h13-15,17H,7-12H2,1-6H3,(H2,20,21,22).